The summed E-state index contributed by atoms with van der Waals surface area (Å²) >= 11 is 0. The average molecular weight is 453 g/mol. The molecular formula is C28H20O2S2. The van der Waals surface area contributed by atoms with Gasteiger partial charge < -0.3 is 0 Å². The quantitative estimate of drug-likeness (QED) is 0.234. The van der Waals surface area contributed by atoms with Gasteiger partial charge in [0, 0.05) is 11.1 Å². The first-order valence-electron chi connectivity index (χ1n) is 10.4. The van der Waals surface area contributed by atoms with Gasteiger partial charge in [0.05, 0.1) is 0 Å². The monoisotopic (exact) mass is 452 g/mol. The van der Waals surface area contributed by atoms with Gasteiger partial charge in [-0.25, -0.2) is 0 Å². The van der Waals surface area contributed by atoms with Crippen LogP contribution in [0.3, 0.4) is 0 Å². The summed E-state index contributed by atoms with van der Waals surface area (Å²) in [5.74, 6) is -0.109. The van der Waals surface area contributed by atoms with Crippen molar-refractivity contribution in [2.75, 3.05) is 0 Å². The molecule has 0 saturated carbocycles. The molecule has 0 aliphatic carbocycles. The largest absolute Gasteiger partial charge is 0.292 e. The third-order valence-electron chi connectivity index (χ3n) is 5.86. The molecule has 0 spiro atoms. The Bertz CT molecular complexity index is 1140. The first-order valence-corrected chi connectivity index (χ1v) is 12.5. The second kappa shape index (κ2) is 8.45. The van der Waals surface area contributed by atoms with E-state index >= 15 is 0 Å². The molecule has 0 N–H and O–H groups in total. The molecule has 1 saturated heterocycles. The normalized spacial score (nSPS) is 22.0. The summed E-state index contributed by atoms with van der Waals surface area (Å²) in [4.78, 5) is 28.6. The average Bonchev–Trinajstić information content (AvgIpc) is 2.86. The number of carbonyl (C=O) groups excluding carboxylic acids is 2. The van der Waals surface area contributed by atoms with Gasteiger partial charge in [-0.2, -0.15) is 0 Å². The van der Waals surface area contributed by atoms with Crippen LogP contribution in [0.25, 0.3) is 0 Å². The summed E-state index contributed by atoms with van der Waals surface area (Å²) in [6, 6.07) is 38.0. The zero-order valence-electron chi connectivity index (χ0n) is 17.2. The minimum absolute atomic E-state index is 0.0545. The predicted molar refractivity (Wildman–Crippen MR) is 133 cm³/mol. The van der Waals surface area contributed by atoms with E-state index in [4.69, 9.17) is 0 Å². The van der Waals surface area contributed by atoms with E-state index in [0.29, 0.717) is 11.1 Å². The Morgan fingerprint density at radius 3 is 1.00 bits per heavy atom. The second-order valence-corrected chi connectivity index (χ2v) is 10.2. The van der Waals surface area contributed by atoms with Gasteiger partial charge in [-0.1, -0.05) is 143 Å². The van der Waals surface area contributed by atoms with E-state index in [1.807, 2.05) is 121 Å². The SMILES string of the molecule is O=C(c1ccccc1)C1(c2ccccc2)SSC1(C(=O)c1ccccc1)c1ccccc1. The van der Waals surface area contributed by atoms with Crippen molar-refractivity contribution in [1.29, 1.82) is 0 Å². The minimum Gasteiger partial charge on any atom is -0.292 e. The number of Topliss-reactive ketones (excluding diaryl/α,β-unsaturated/α-hetero) is 2. The Kier molecular flexibility index (Phi) is 5.50. The summed E-state index contributed by atoms with van der Waals surface area (Å²) in [6.45, 7) is 0. The van der Waals surface area contributed by atoms with Crippen LogP contribution < -0.4 is 0 Å². The van der Waals surface area contributed by atoms with Gasteiger partial charge >= 0.3 is 0 Å². The molecule has 1 heterocycles. The minimum atomic E-state index is -1.09. The number of hydrogen-bond acceptors (Lipinski definition) is 4. The van der Waals surface area contributed by atoms with Crippen molar-refractivity contribution in [2.24, 2.45) is 0 Å². The fourth-order valence-corrected chi connectivity index (χ4v) is 8.27. The molecule has 2 atom stereocenters. The smallest absolute Gasteiger partial charge is 0.186 e. The molecule has 1 fully saturated rings. The molecule has 0 radical (unpaired) electrons. The van der Waals surface area contributed by atoms with Gasteiger partial charge in [-0.15, -0.1) is 0 Å². The van der Waals surface area contributed by atoms with Gasteiger partial charge in [0.25, 0.3) is 0 Å². The van der Waals surface area contributed by atoms with Crippen LogP contribution in [0.2, 0.25) is 0 Å². The fraction of sp³-hybridized carbons (Fsp3) is 0.0714. The van der Waals surface area contributed by atoms with Crippen molar-refractivity contribution < 1.29 is 9.59 Å². The van der Waals surface area contributed by atoms with Crippen molar-refractivity contribution in [1.82, 2.24) is 0 Å². The van der Waals surface area contributed by atoms with E-state index in [0.717, 1.165) is 11.1 Å². The molecule has 0 bridgehead atoms. The zero-order valence-corrected chi connectivity index (χ0v) is 18.8. The highest BCUT2D eigenvalue weighted by molar-refractivity contribution is 8.80. The highest BCUT2D eigenvalue weighted by atomic mass is 33.1. The predicted octanol–water partition coefficient (Wildman–Crippen LogP) is 6.94. The van der Waals surface area contributed by atoms with Crippen LogP contribution in [-0.2, 0) is 9.49 Å². The number of benzene rings is 4. The van der Waals surface area contributed by atoms with Crippen LogP contribution in [0.5, 0.6) is 0 Å². The van der Waals surface area contributed by atoms with E-state index in [1.165, 1.54) is 21.6 Å². The first kappa shape index (κ1) is 20.8. The van der Waals surface area contributed by atoms with Crippen molar-refractivity contribution >= 4 is 33.2 Å². The third-order valence-corrected chi connectivity index (χ3v) is 9.78. The maximum atomic E-state index is 14.3. The molecule has 1 aliphatic heterocycles. The highest BCUT2D eigenvalue weighted by Crippen LogP contribution is 2.75. The molecule has 4 aromatic carbocycles. The van der Waals surface area contributed by atoms with E-state index < -0.39 is 9.49 Å². The lowest BCUT2D eigenvalue weighted by Gasteiger charge is -2.55. The summed E-state index contributed by atoms with van der Waals surface area (Å²) < 4.78 is -2.18. The summed E-state index contributed by atoms with van der Waals surface area (Å²) in [5, 5.41) is 0. The van der Waals surface area contributed by atoms with Crippen LogP contribution in [0.4, 0.5) is 0 Å². The van der Waals surface area contributed by atoms with E-state index in [2.05, 4.69) is 0 Å². The Balaban J connectivity index is 1.81. The van der Waals surface area contributed by atoms with Crippen molar-refractivity contribution in [3.8, 4) is 0 Å². The summed E-state index contributed by atoms with van der Waals surface area (Å²) in [7, 11) is 2.96. The molecule has 4 aromatic rings. The lowest BCUT2D eigenvalue weighted by atomic mass is 9.71. The number of rotatable bonds is 6. The van der Waals surface area contributed by atoms with Crippen LogP contribution in [0.15, 0.2) is 121 Å². The molecule has 2 nitrogen and oxygen atoms in total. The molecule has 156 valence electrons. The second-order valence-electron chi connectivity index (χ2n) is 7.65. The Hall–Kier alpha value is -3.08. The summed E-state index contributed by atoms with van der Waals surface area (Å²) in [6.07, 6.45) is 0. The lowest BCUT2D eigenvalue weighted by Crippen LogP contribution is -2.59. The van der Waals surface area contributed by atoms with Gasteiger partial charge in [-0.05, 0) is 11.1 Å². The van der Waals surface area contributed by atoms with Gasteiger partial charge in [0.15, 0.2) is 11.6 Å². The zero-order chi connectivity index (χ0) is 22.0. The number of carbonyl (C=O) groups is 2. The topological polar surface area (TPSA) is 34.1 Å². The molecule has 0 aromatic heterocycles. The molecule has 32 heavy (non-hydrogen) atoms. The van der Waals surface area contributed by atoms with Crippen LogP contribution in [0, 0.1) is 0 Å². The van der Waals surface area contributed by atoms with E-state index in [1.54, 1.807) is 0 Å². The van der Waals surface area contributed by atoms with Crippen molar-refractivity contribution in [3.63, 3.8) is 0 Å². The van der Waals surface area contributed by atoms with Crippen molar-refractivity contribution in [3.05, 3.63) is 144 Å². The Labute approximate surface area is 195 Å². The van der Waals surface area contributed by atoms with E-state index in [-0.39, 0.29) is 11.6 Å². The van der Waals surface area contributed by atoms with Crippen LogP contribution in [0.1, 0.15) is 31.8 Å². The Morgan fingerprint density at radius 1 is 0.438 bits per heavy atom. The number of ketones is 2. The van der Waals surface area contributed by atoms with Gasteiger partial charge in [0.2, 0.25) is 0 Å². The van der Waals surface area contributed by atoms with Crippen molar-refractivity contribution in [2.45, 2.75) is 9.49 Å². The maximum absolute atomic E-state index is 14.3. The van der Waals surface area contributed by atoms with E-state index in [9.17, 15) is 9.59 Å². The lowest BCUT2D eigenvalue weighted by molar-refractivity contribution is 0.0820. The molecule has 0 amide bonds. The molecule has 4 heteroatoms. The molecule has 2 unspecified atom stereocenters. The number of hydrogen-bond donors (Lipinski definition) is 0. The standard InChI is InChI=1S/C28H20O2S2/c29-25(21-13-5-1-6-14-21)27(23-17-9-3-10-18-23)28(32-31-27,24-19-11-4-12-20-24)26(30)22-15-7-2-8-16-22/h1-20H. The molecule has 5 rings (SSSR count). The maximum Gasteiger partial charge on any atom is 0.186 e. The third kappa shape index (κ3) is 3.06. The highest BCUT2D eigenvalue weighted by Gasteiger charge is 2.71. The fourth-order valence-electron chi connectivity index (χ4n) is 4.30. The first-order chi connectivity index (χ1) is 15.7. The summed E-state index contributed by atoms with van der Waals surface area (Å²) in [5.41, 5.74) is 2.88. The Morgan fingerprint density at radius 2 is 0.719 bits per heavy atom. The molecule has 1 aliphatic rings. The van der Waals surface area contributed by atoms with Gasteiger partial charge in [-0.3, -0.25) is 9.59 Å². The van der Waals surface area contributed by atoms with Crippen LogP contribution in [-0.4, -0.2) is 11.6 Å². The van der Waals surface area contributed by atoms with Crippen LogP contribution >= 0.6 is 21.6 Å². The molecular weight excluding hydrogens is 432 g/mol. The van der Waals surface area contributed by atoms with Gasteiger partial charge in [0.1, 0.15) is 9.49 Å².